The molecule has 0 fully saturated rings. The van der Waals surface area contributed by atoms with E-state index in [9.17, 15) is 35.4 Å². The molecule has 0 bridgehead atoms. The number of hydrogen-bond donors (Lipinski definition) is 6. The molecule has 160 valence electrons. The molecule has 3 rings (SSSR count). The Labute approximate surface area is 171 Å². The topological polar surface area (TPSA) is 157 Å². The van der Waals surface area contributed by atoms with Gasteiger partial charge in [0.05, 0.1) is 19.3 Å². The van der Waals surface area contributed by atoms with Crippen molar-refractivity contribution in [1.82, 2.24) is 0 Å². The summed E-state index contributed by atoms with van der Waals surface area (Å²) in [6, 6.07) is 8.30. The van der Waals surface area contributed by atoms with Crippen molar-refractivity contribution in [2.24, 2.45) is 0 Å². The van der Waals surface area contributed by atoms with Crippen molar-refractivity contribution in [3.63, 3.8) is 0 Å². The number of carboxylic acid groups (broad SMARTS) is 1. The minimum atomic E-state index is -1.17. The summed E-state index contributed by atoms with van der Waals surface area (Å²) < 4.78 is 11.5. The quantitative estimate of drug-likeness (QED) is 0.369. The molecule has 0 radical (unpaired) electrons. The van der Waals surface area contributed by atoms with E-state index in [2.05, 4.69) is 0 Å². The van der Waals surface area contributed by atoms with E-state index in [1.165, 1.54) is 42.5 Å². The molecular formula is C21H22O9. The highest BCUT2D eigenvalue weighted by Gasteiger charge is 2.36. The van der Waals surface area contributed by atoms with Gasteiger partial charge in [0.15, 0.2) is 23.0 Å². The first-order valence-electron chi connectivity index (χ1n) is 9.11. The number of carboxylic acids is 1. The van der Waals surface area contributed by atoms with Crippen molar-refractivity contribution in [2.45, 2.75) is 37.9 Å². The van der Waals surface area contributed by atoms with Crippen LogP contribution in [0.5, 0.6) is 23.0 Å². The van der Waals surface area contributed by atoms with Crippen LogP contribution in [0.15, 0.2) is 48.0 Å². The van der Waals surface area contributed by atoms with Crippen molar-refractivity contribution in [3.05, 3.63) is 59.2 Å². The number of carbonyl (C=O) groups is 1. The fourth-order valence-electron chi connectivity index (χ4n) is 3.13. The lowest BCUT2D eigenvalue weighted by atomic mass is 9.92. The highest BCUT2D eigenvalue weighted by Crippen LogP contribution is 2.30. The van der Waals surface area contributed by atoms with Gasteiger partial charge in [-0.2, -0.15) is 0 Å². The van der Waals surface area contributed by atoms with Crippen LogP contribution in [0.25, 0.3) is 0 Å². The molecule has 6 N–H and O–H groups in total. The van der Waals surface area contributed by atoms with Gasteiger partial charge >= 0.3 is 5.97 Å². The van der Waals surface area contributed by atoms with Crippen LogP contribution in [0.3, 0.4) is 0 Å². The number of rotatable bonds is 7. The SMILES string of the molecule is O=C(O)C1=C[C@@H](OCc2ccc(O)c(O)c2)[C@@H](OCc2ccc(O)c(O)c2)[C@H](O)C1. The standard InChI is InChI=1S/C21H22O9/c22-14-3-1-11(5-16(14)24)9-29-19-8-13(21(27)28)7-18(26)20(19)30-10-12-2-4-15(23)17(25)6-12/h1-6,8,18-20,22-26H,7,9-10H2,(H,27,28)/t18-,19-,20+/m1/s1. The van der Waals surface area contributed by atoms with Crippen LogP contribution in [0.1, 0.15) is 17.5 Å². The Morgan fingerprint density at radius 2 is 1.40 bits per heavy atom. The van der Waals surface area contributed by atoms with E-state index in [1.807, 2.05) is 0 Å². The van der Waals surface area contributed by atoms with Crippen LogP contribution in [-0.2, 0) is 27.5 Å². The summed E-state index contributed by atoms with van der Waals surface area (Å²) in [5.74, 6) is -2.36. The van der Waals surface area contributed by atoms with Gasteiger partial charge in [-0.3, -0.25) is 0 Å². The summed E-state index contributed by atoms with van der Waals surface area (Å²) in [5, 5.41) is 57.7. The zero-order valence-corrected chi connectivity index (χ0v) is 15.8. The highest BCUT2D eigenvalue weighted by atomic mass is 16.5. The van der Waals surface area contributed by atoms with E-state index in [4.69, 9.17) is 9.47 Å². The molecule has 0 unspecified atom stereocenters. The summed E-state index contributed by atoms with van der Waals surface area (Å²) in [6.45, 7) is -0.0554. The lowest BCUT2D eigenvalue weighted by molar-refractivity contribution is -0.138. The second-order valence-electron chi connectivity index (χ2n) is 6.97. The first-order chi connectivity index (χ1) is 14.2. The Morgan fingerprint density at radius 3 is 1.90 bits per heavy atom. The van der Waals surface area contributed by atoms with E-state index in [0.29, 0.717) is 11.1 Å². The largest absolute Gasteiger partial charge is 0.504 e. The van der Waals surface area contributed by atoms with E-state index >= 15 is 0 Å². The number of phenols is 4. The summed E-state index contributed by atoms with van der Waals surface area (Å²) in [5.41, 5.74) is 1.05. The molecule has 3 atom stereocenters. The normalized spacial score (nSPS) is 21.2. The van der Waals surface area contributed by atoms with Crippen molar-refractivity contribution in [2.75, 3.05) is 0 Å². The Kier molecular flexibility index (Phi) is 6.46. The summed E-state index contributed by atoms with van der Waals surface area (Å²) in [6.07, 6.45) is -1.70. The van der Waals surface area contributed by atoms with E-state index < -0.39 is 24.3 Å². The lowest BCUT2D eigenvalue weighted by Gasteiger charge is -2.33. The smallest absolute Gasteiger partial charge is 0.331 e. The van der Waals surface area contributed by atoms with Crippen LogP contribution in [0, 0.1) is 0 Å². The lowest BCUT2D eigenvalue weighted by Crippen LogP contribution is -2.44. The number of phenolic OH excluding ortho intramolecular Hbond substituents is 4. The fourth-order valence-corrected chi connectivity index (χ4v) is 3.13. The first-order valence-corrected chi connectivity index (χ1v) is 9.11. The van der Waals surface area contributed by atoms with Crippen molar-refractivity contribution < 1.29 is 44.9 Å². The Bertz CT molecular complexity index is 953. The summed E-state index contributed by atoms with van der Waals surface area (Å²) in [4.78, 5) is 11.4. The summed E-state index contributed by atoms with van der Waals surface area (Å²) >= 11 is 0. The number of aliphatic hydroxyl groups is 1. The van der Waals surface area contributed by atoms with Crippen LogP contribution in [0.4, 0.5) is 0 Å². The van der Waals surface area contributed by atoms with Gasteiger partial charge in [0, 0.05) is 12.0 Å². The maximum atomic E-state index is 11.4. The third kappa shape index (κ3) is 5.01. The van der Waals surface area contributed by atoms with Crippen LogP contribution in [0.2, 0.25) is 0 Å². The fraction of sp³-hybridized carbons (Fsp3) is 0.286. The molecule has 0 heterocycles. The second kappa shape index (κ2) is 9.04. The van der Waals surface area contributed by atoms with Crippen LogP contribution < -0.4 is 0 Å². The zero-order valence-electron chi connectivity index (χ0n) is 15.8. The predicted octanol–water partition coefficient (Wildman–Crippen LogP) is 1.76. The zero-order chi connectivity index (χ0) is 21.8. The minimum absolute atomic E-state index is 0.0109. The number of benzene rings is 2. The maximum Gasteiger partial charge on any atom is 0.331 e. The van der Waals surface area contributed by atoms with E-state index in [1.54, 1.807) is 0 Å². The Balaban J connectivity index is 1.75. The van der Waals surface area contributed by atoms with Gasteiger partial charge in [0.1, 0.15) is 12.2 Å². The van der Waals surface area contributed by atoms with E-state index in [-0.39, 0.29) is 48.2 Å². The highest BCUT2D eigenvalue weighted by molar-refractivity contribution is 5.87. The van der Waals surface area contributed by atoms with Crippen LogP contribution in [-0.4, -0.2) is 54.9 Å². The van der Waals surface area contributed by atoms with Gasteiger partial charge in [-0.05, 0) is 41.5 Å². The molecule has 0 spiro atoms. The first kappa shape index (κ1) is 21.4. The molecule has 0 saturated heterocycles. The van der Waals surface area contributed by atoms with Crippen LogP contribution >= 0.6 is 0 Å². The molecular weight excluding hydrogens is 396 g/mol. The van der Waals surface area contributed by atoms with Crippen molar-refractivity contribution >= 4 is 5.97 Å². The Hall–Kier alpha value is -3.27. The van der Waals surface area contributed by atoms with Gasteiger partial charge in [0.25, 0.3) is 0 Å². The number of hydrogen-bond acceptors (Lipinski definition) is 8. The number of aliphatic carboxylic acids is 1. The number of ether oxygens (including phenoxy) is 2. The third-order valence-electron chi connectivity index (χ3n) is 4.74. The molecule has 9 heteroatoms. The summed E-state index contributed by atoms with van der Waals surface area (Å²) in [7, 11) is 0. The average molecular weight is 418 g/mol. The molecule has 2 aromatic carbocycles. The van der Waals surface area contributed by atoms with Gasteiger partial charge in [0.2, 0.25) is 0 Å². The molecule has 2 aromatic rings. The average Bonchev–Trinajstić information content (AvgIpc) is 2.70. The second-order valence-corrected chi connectivity index (χ2v) is 6.97. The minimum Gasteiger partial charge on any atom is -0.504 e. The van der Waals surface area contributed by atoms with Crippen molar-refractivity contribution in [3.8, 4) is 23.0 Å². The van der Waals surface area contributed by atoms with E-state index in [0.717, 1.165) is 0 Å². The maximum absolute atomic E-state index is 11.4. The molecule has 1 aliphatic rings. The van der Waals surface area contributed by atoms with Crippen molar-refractivity contribution in [1.29, 1.82) is 0 Å². The molecule has 0 amide bonds. The molecule has 0 saturated carbocycles. The van der Waals surface area contributed by atoms with Gasteiger partial charge < -0.3 is 40.1 Å². The third-order valence-corrected chi connectivity index (χ3v) is 4.74. The molecule has 0 aromatic heterocycles. The van der Waals surface area contributed by atoms with Gasteiger partial charge in [-0.15, -0.1) is 0 Å². The molecule has 9 nitrogen and oxygen atoms in total. The molecule has 30 heavy (non-hydrogen) atoms. The number of aromatic hydroxyl groups is 4. The predicted molar refractivity (Wildman–Crippen MR) is 103 cm³/mol. The molecule has 1 aliphatic carbocycles. The van der Waals surface area contributed by atoms with Gasteiger partial charge in [-0.1, -0.05) is 12.1 Å². The Morgan fingerprint density at radius 1 is 0.867 bits per heavy atom. The van der Waals surface area contributed by atoms with Gasteiger partial charge in [-0.25, -0.2) is 4.79 Å². The monoisotopic (exact) mass is 418 g/mol. The number of aliphatic hydroxyl groups excluding tert-OH is 1. The molecule has 0 aliphatic heterocycles.